The standard InChI is InChI=1S/C8H4ClNO3/c9-5-1-2-7(10-4-11)6(3-5)8(12)13/h1-3H,(H,12,13). The first kappa shape index (κ1) is 9.45. The molecular formula is C8H4ClNO3. The number of carbonyl (C=O) groups excluding carboxylic acids is 1. The van der Waals surface area contributed by atoms with Crippen molar-refractivity contribution < 1.29 is 14.7 Å². The Balaban J connectivity index is 3.34. The van der Waals surface area contributed by atoms with Gasteiger partial charge in [0.25, 0.3) is 0 Å². The molecule has 5 heteroatoms. The largest absolute Gasteiger partial charge is 0.478 e. The molecule has 0 spiro atoms. The second-order valence-electron chi connectivity index (χ2n) is 2.17. The molecule has 1 rings (SSSR count). The van der Waals surface area contributed by atoms with Crippen LogP contribution < -0.4 is 0 Å². The van der Waals surface area contributed by atoms with Crippen molar-refractivity contribution in [3.05, 3.63) is 28.8 Å². The molecule has 4 nitrogen and oxygen atoms in total. The Bertz CT molecular complexity index is 396. The molecular weight excluding hydrogens is 194 g/mol. The molecule has 0 unspecified atom stereocenters. The molecule has 1 aromatic carbocycles. The Morgan fingerprint density at radius 3 is 2.77 bits per heavy atom. The van der Waals surface area contributed by atoms with Gasteiger partial charge in [-0.3, -0.25) is 0 Å². The number of hydrogen-bond donors (Lipinski definition) is 1. The lowest BCUT2D eigenvalue weighted by Crippen LogP contribution is -1.96. The average Bonchev–Trinajstić information content (AvgIpc) is 2.08. The quantitative estimate of drug-likeness (QED) is 0.583. The van der Waals surface area contributed by atoms with Crippen molar-refractivity contribution in [3.63, 3.8) is 0 Å². The number of carbonyl (C=O) groups is 1. The van der Waals surface area contributed by atoms with Crippen LogP contribution in [0, 0.1) is 0 Å². The zero-order chi connectivity index (χ0) is 9.84. The number of nitrogens with zero attached hydrogens (tertiary/aromatic N) is 1. The smallest absolute Gasteiger partial charge is 0.337 e. The number of carboxylic acids is 1. The normalized spacial score (nSPS) is 9.00. The number of rotatable bonds is 2. The summed E-state index contributed by atoms with van der Waals surface area (Å²) < 4.78 is 0. The highest BCUT2D eigenvalue weighted by Crippen LogP contribution is 2.22. The molecule has 0 aliphatic rings. The Hall–Kier alpha value is -1.64. The molecule has 0 aromatic heterocycles. The molecule has 0 saturated carbocycles. The second-order valence-corrected chi connectivity index (χ2v) is 2.61. The molecule has 0 amide bonds. The van der Waals surface area contributed by atoms with Crippen LogP contribution in [0.3, 0.4) is 0 Å². The van der Waals surface area contributed by atoms with Crippen molar-refractivity contribution in [2.75, 3.05) is 0 Å². The lowest BCUT2D eigenvalue weighted by atomic mass is 10.2. The third-order valence-electron chi connectivity index (χ3n) is 1.36. The summed E-state index contributed by atoms with van der Waals surface area (Å²) in [6.07, 6.45) is 1.27. The van der Waals surface area contributed by atoms with Crippen LogP contribution in [0.4, 0.5) is 5.69 Å². The molecule has 0 aliphatic carbocycles. The Labute approximate surface area is 78.5 Å². The van der Waals surface area contributed by atoms with Gasteiger partial charge in [-0.2, -0.15) is 4.99 Å². The number of aliphatic imine (C=N–C) groups is 1. The van der Waals surface area contributed by atoms with Crippen LogP contribution in [0.15, 0.2) is 23.2 Å². The van der Waals surface area contributed by atoms with E-state index in [1.807, 2.05) is 0 Å². The maximum atomic E-state index is 10.6. The van der Waals surface area contributed by atoms with E-state index in [2.05, 4.69) is 4.99 Å². The number of benzene rings is 1. The minimum atomic E-state index is -1.18. The fourth-order valence-corrected chi connectivity index (χ4v) is 0.998. The minimum absolute atomic E-state index is 0.0481. The lowest BCUT2D eigenvalue weighted by molar-refractivity contribution is 0.0698. The first-order valence-electron chi connectivity index (χ1n) is 3.26. The number of halogens is 1. The molecule has 66 valence electrons. The fraction of sp³-hybridized carbons (Fsp3) is 0. The third-order valence-corrected chi connectivity index (χ3v) is 1.59. The molecule has 0 fully saturated rings. The van der Waals surface area contributed by atoms with E-state index in [1.54, 1.807) is 0 Å². The van der Waals surface area contributed by atoms with Crippen LogP contribution >= 0.6 is 11.6 Å². The van der Waals surface area contributed by atoms with E-state index in [4.69, 9.17) is 16.7 Å². The molecule has 0 aliphatic heterocycles. The molecule has 13 heavy (non-hydrogen) atoms. The van der Waals surface area contributed by atoms with Crippen LogP contribution in [0.5, 0.6) is 0 Å². The monoisotopic (exact) mass is 197 g/mol. The van der Waals surface area contributed by atoms with E-state index in [9.17, 15) is 9.59 Å². The SMILES string of the molecule is O=C=Nc1ccc(Cl)cc1C(=O)O. The lowest BCUT2D eigenvalue weighted by Gasteiger charge is -1.98. The second kappa shape index (κ2) is 3.85. The zero-order valence-corrected chi connectivity index (χ0v) is 7.08. The van der Waals surface area contributed by atoms with Gasteiger partial charge >= 0.3 is 5.97 Å². The summed E-state index contributed by atoms with van der Waals surface area (Å²) in [4.78, 5) is 23.7. The molecule has 0 atom stereocenters. The summed E-state index contributed by atoms with van der Waals surface area (Å²) in [7, 11) is 0. The highest BCUT2D eigenvalue weighted by atomic mass is 35.5. The van der Waals surface area contributed by atoms with E-state index in [0.717, 1.165) is 0 Å². The van der Waals surface area contributed by atoms with Gasteiger partial charge in [0.15, 0.2) is 0 Å². The number of aromatic carboxylic acids is 1. The van der Waals surface area contributed by atoms with E-state index in [-0.39, 0.29) is 16.3 Å². The van der Waals surface area contributed by atoms with E-state index >= 15 is 0 Å². The molecule has 1 aromatic rings. The first-order valence-corrected chi connectivity index (χ1v) is 3.63. The maximum absolute atomic E-state index is 10.6. The van der Waals surface area contributed by atoms with Gasteiger partial charge in [0, 0.05) is 5.02 Å². The molecule has 1 N–H and O–H groups in total. The van der Waals surface area contributed by atoms with E-state index in [1.165, 1.54) is 24.3 Å². The maximum Gasteiger partial charge on any atom is 0.337 e. The number of carboxylic acid groups (broad SMARTS) is 1. The molecule has 0 bridgehead atoms. The van der Waals surface area contributed by atoms with Gasteiger partial charge < -0.3 is 5.11 Å². The summed E-state index contributed by atoms with van der Waals surface area (Å²) in [5.41, 5.74) is -0.0669. The van der Waals surface area contributed by atoms with E-state index in [0.29, 0.717) is 0 Å². The van der Waals surface area contributed by atoms with Gasteiger partial charge in [-0.25, -0.2) is 9.59 Å². The Morgan fingerprint density at radius 1 is 1.54 bits per heavy atom. The predicted octanol–water partition coefficient (Wildman–Crippen LogP) is 2.01. The van der Waals surface area contributed by atoms with Gasteiger partial charge in [-0.05, 0) is 18.2 Å². The van der Waals surface area contributed by atoms with Crippen LogP contribution in [-0.4, -0.2) is 17.2 Å². The summed E-state index contributed by atoms with van der Waals surface area (Å²) in [5.74, 6) is -1.18. The van der Waals surface area contributed by atoms with Crippen LogP contribution in [0.1, 0.15) is 10.4 Å². The summed E-state index contributed by atoms with van der Waals surface area (Å²) >= 11 is 5.56. The summed E-state index contributed by atoms with van der Waals surface area (Å²) in [6, 6.07) is 4.01. The third kappa shape index (κ3) is 2.15. The Kier molecular flexibility index (Phi) is 2.80. The van der Waals surface area contributed by atoms with Crippen molar-refractivity contribution in [1.82, 2.24) is 0 Å². The summed E-state index contributed by atoms with van der Waals surface area (Å²) in [5, 5.41) is 8.95. The number of hydrogen-bond acceptors (Lipinski definition) is 3. The van der Waals surface area contributed by atoms with Crippen LogP contribution in [0.2, 0.25) is 5.02 Å². The van der Waals surface area contributed by atoms with Crippen molar-refractivity contribution in [2.24, 2.45) is 4.99 Å². The van der Waals surface area contributed by atoms with Gasteiger partial charge in [0.1, 0.15) is 0 Å². The van der Waals surface area contributed by atoms with Crippen molar-refractivity contribution >= 4 is 29.3 Å². The van der Waals surface area contributed by atoms with Crippen LogP contribution in [-0.2, 0) is 4.79 Å². The van der Waals surface area contributed by atoms with Gasteiger partial charge in [-0.15, -0.1) is 0 Å². The highest BCUT2D eigenvalue weighted by molar-refractivity contribution is 6.31. The van der Waals surface area contributed by atoms with Crippen LogP contribution in [0.25, 0.3) is 0 Å². The van der Waals surface area contributed by atoms with Gasteiger partial charge in [0.2, 0.25) is 6.08 Å². The van der Waals surface area contributed by atoms with Crippen molar-refractivity contribution in [3.8, 4) is 0 Å². The minimum Gasteiger partial charge on any atom is -0.478 e. The zero-order valence-electron chi connectivity index (χ0n) is 6.32. The average molecular weight is 198 g/mol. The molecule has 0 heterocycles. The topological polar surface area (TPSA) is 66.7 Å². The summed E-state index contributed by atoms with van der Waals surface area (Å²) in [6.45, 7) is 0. The van der Waals surface area contributed by atoms with Gasteiger partial charge in [0.05, 0.1) is 11.3 Å². The first-order chi connectivity index (χ1) is 6.15. The van der Waals surface area contributed by atoms with E-state index < -0.39 is 5.97 Å². The molecule has 0 saturated heterocycles. The predicted molar refractivity (Wildman–Crippen MR) is 46.2 cm³/mol. The number of isocyanates is 1. The van der Waals surface area contributed by atoms with Crippen molar-refractivity contribution in [1.29, 1.82) is 0 Å². The Morgan fingerprint density at radius 2 is 2.23 bits per heavy atom. The fourth-order valence-electron chi connectivity index (χ4n) is 0.826. The highest BCUT2D eigenvalue weighted by Gasteiger charge is 2.09. The molecule has 0 radical (unpaired) electrons. The van der Waals surface area contributed by atoms with Crippen molar-refractivity contribution in [2.45, 2.75) is 0 Å². The van der Waals surface area contributed by atoms with Gasteiger partial charge in [-0.1, -0.05) is 11.6 Å².